The fourth-order valence-corrected chi connectivity index (χ4v) is 4.27. The molecule has 8 nitrogen and oxygen atoms in total. The van der Waals surface area contributed by atoms with Crippen LogP contribution in [0.1, 0.15) is 60.4 Å². The SMILES string of the molecule is Cc1cc(C)nc(-n2nc(C)c(CC(=O)N(C)C3(C(=O)O)CCCCC3)c2C)n1. The molecule has 2 aromatic rings. The Morgan fingerprint density at radius 2 is 1.69 bits per heavy atom. The average molecular weight is 399 g/mol. The van der Waals surface area contributed by atoms with Crippen molar-refractivity contribution in [2.45, 2.75) is 71.8 Å². The van der Waals surface area contributed by atoms with Crippen LogP contribution in [-0.4, -0.2) is 54.2 Å². The topological polar surface area (TPSA) is 101 Å². The molecule has 1 fully saturated rings. The Kier molecular flexibility index (Phi) is 5.73. The molecular formula is C21H29N5O3. The molecule has 1 amide bonds. The molecule has 0 atom stereocenters. The molecule has 0 saturated heterocycles. The van der Waals surface area contributed by atoms with Crippen molar-refractivity contribution in [3.63, 3.8) is 0 Å². The van der Waals surface area contributed by atoms with Crippen LogP contribution in [0.15, 0.2) is 6.07 Å². The summed E-state index contributed by atoms with van der Waals surface area (Å²) in [7, 11) is 1.61. The van der Waals surface area contributed by atoms with E-state index in [1.807, 2.05) is 33.8 Å². The lowest BCUT2D eigenvalue weighted by Gasteiger charge is -2.41. The van der Waals surface area contributed by atoms with Gasteiger partial charge in [-0.1, -0.05) is 19.3 Å². The largest absolute Gasteiger partial charge is 0.479 e. The van der Waals surface area contributed by atoms with E-state index in [-0.39, 0.29) is 12.3 Å². The predicted molar refractivity (Wildman–Crippen MR) is 108 cm³/mol. The van der Waals surface area contributed by atoms with Gasteiger partial charge in [0.2, 0.25) is 5.91 Å². The van der Waals surface area contributed by atoms with Crippen LogP contribution in [0.3, 0.4) is 0 Å². The summed E-state index contributed by atoms with van der Waals surface area (Å²) in [5.41, 5.74) is 2.89. The van der Waals surface area contributed by atoms with Crippen molar-refractivity contribution >= 4 is 11.9 Å². The highest BCUT2D eigenvalue weighted by Gasteiger charge is 2.45. The molecule has 0 aromatic carbocycles. The van der Waals surface area contributed by atoms with Gasteiger partial charge in [-0.2, -0.15) is 5.10 Å². The Bertz CT molecular complexity index is 924. The molecule has 0 unspecified atom stereocenters. The number of carbonyl (C=O) groups excluding carboxylic acids is 1. The van der Waals surface area contributed by atoms with Crippen LogP contribution in [0.2, 0.25) is 0 Å². The molecule has 1 saturated carbocycles. The lowest BCUT2D eigenvalue weighted by molar-refractivity contribution is -0.160. The minimum atomic E-state index is -1.11. The first-order valence-electron chi connectivity index (χ1n) is 10.0. The Morgan fingerprint density at radius 1 is 1.10 bits per heavy atom. The van der Waals surface area contributed by atoms with Gasteiger partial charge < -0.3 is 10.0 Å². The molecule has 0 spiro atoms. The minimum Gasteiger partial charge on any atom is -0.479 e. The van der Waals surface area contributed by atoms with Crippen molar-refractivity contribution < 1.29 is 14.7 Å². The quantitative estimate of drug-likeness (QED) is 0.829. The summed E-state index contributed by atoms with van der Waals surface area (Å²) in [6.07, 6.45) is 3.76. The number of nitrogens with zero attached hydrogens (tertiary/aromatic N) is 5. The number of rotatable bonds is 5. The highest BCUT2D eigenvalue weighted by molar-refractivity contribution is 5.88. The monoisotopic (exact) mass is 399 g/mol. The van der Waals surface area contributed by atoms with E-state index < -0.39 is 11.5 Å². The van der Waals surface area contributed by atoms with Gasteiger partial charge in [-0.15, -0.1) is 0 Å². The van der Waals surface area contributed by atoms with Gasteiger partial charge in [0.15, 0.2) is 0 Å². The number of aromatic nitrogens is 4. The van der Waals surface area contributed by atoms with Gasteiger partial charge in [0.05, 0.1) is 12.1 Å². The van der Waals surface area contributed by atoms with Gasteiger partial charge in [-0.3, -0.25) is 4.79 Å². The van der Waals surface area contributed by atoms with Crippen LogP contribution in [0.25, 0.3) is 5.95 Å². The van der Waals surface area contributed by atoms with E-state index in [0.717, 1.165) is 47.6 Å². The van der Waals surface area contributed by atoms with Gasteiger partial charge in [-0.25, -0.2) is 19.4 Å². The Morgan fingerprint density at radius 3 is 2.24 bits per heavy atom. The molecule has 29 heavy (non-hydrogen) atoms. The van der Waals surface area contributed by atoms with Crippen molar-refractivity contribution in [1.29, 1.82) is 0 Å². The number of aryl methyl sites for hydroxylation is 3. The molecule has 3 rings (SSSR count). The normalized spacial score (nSPS) is 15.9. The number of hydrogen-bond acceptors (Lipinski definition) is 5. The molecule has 0 aliphatic heterocycles. The zero-order valence-corrected chi connectivity index (χ0v) is 17.8. The summed E-state index contributed by atoms with van der Waals surface area (Å²) in [6.45, 7) is 7.54. The number of aliphatic carboxylic acids is 1. The number of carboxylic acids is 1. The fourth-order valence-electron chi connectivity index (χ4n) is 4.27. The van der Waals surface area contributed by atoms with Crippen LogP contribution in [0, 0.1) is 27.7 Å². The van der Waals surface area contributed by atoms with E-state index in [4.69, 9.17) is 0 Å². The van der Waals surface area contributed by atoms with Crippen molar-refractivity contribution in [2.24, 2.45) is 0 Å². The lowest BCUT2D eigenvalue weighted by Crippen LogP contribution is -2.56. The van der Waals surface area contributed by atoms with Gasteiger partial charge >= 0.3 is 5.97 Å². The zero-order valence-electron chi connectivity index (χ0n) is 17.8. The van der Waals surface area contributed by atoms with Crippen LogP contribution < -0.4 is 0 Å². The number of carbonyl (C=O) groups is 2. The first kappa shape index (κ1) is 21.0. The van der Waals surface area contributed by atoms with E-state index in [9.17, 15) is 14.7 Å². The number of likely N-dealkylation sites (N-methyl/N-ethyl adjacent to an activating group) is 1. The zero-order chi connectivity index (χ0) is 21.3. The third-order valence-corrected chi connectivity index (χ3v) is 6.02. The third kappa shape index (κ3) is 3.88. The molecule has 0 bridgehead atoms. The molecule has 8 heteroatoms. The Labute approximate surface area is 171 Å². The smallest absolute Gasteiger partial charge is 0.329 e. The van der Waals surface area contributed by atoms with Crippen molar-refractivity contribution in [3.05, 3.63) is 34.4 Å². The molecule has 2 aromatic heterocycles. The number of amides is 1. The van der Waals surface area contributed by atoms with Crippen molar-refractivity contribution in [1.82, 2.24) is 24.6 Å². The highest BCUT2D eigenvalue weighted by atomic mass is 16.4. The van der Waals surface area contributed by atoms with Gasteiger partial charge in [0.1, 0.15) is 5.54 Å². The molecule has 0 radical (unpaired) electrons. The minimum absolute atomic E-state index is 0.105. The van der Waals surface area contributed by atoms with Gasteiger partial charge in [-0.05, 0) is 46.6 Å². The predicted octanol–water partition coefficient (Wildman–Crippen LogP) is 2.68. The van der Waals surface area contributed by atoms with E-state index in [1.54, 1.807) is 11.7 Å². The summed E-state index contributed by atoms with van der Waals surface area (Å²) in [5, 5.41) is 14.4. The van der Waals surface area contributed by atoms with Crippen molar-refractivity contribution in [2.75, 3.05) is 7.05 Å². The second-order valence-corrected chi connectivity index (χ2v) is 8.04. The average Bonchev–Trinajstić information content (AvgIpc) is 2.95. The van der Waals surface area contributed by atoms with Gasteiger partial charge in [0.25, 0.3) is 5.95 Å². The van der Waals surface area contributed by atoms with Crippen LogP contribution in [0.5, 0.6) is 0 Å². The summed E-state index contributed by atoms with van der Waals surface area (Å²) in [5.74, 6) is -0.647. The Balaban J connectivity index is 1.89. The maximum atomic E-state index is 13.1. The first-order chi connectivity index (χ1) is 13.7. The second kappa shape index (κ2) is 7.93. The maximum Gasteiger partial charge on any atom is 0.329 e. The number of hydrogen-bond donors (Lipinski definition) is 1. The first-order valence-corrected chi connectivity index (χ1v) is 10.0. The van der Waals surface area contributed by atoms with E-state index in [1.165, 1.54) is 4.90 Å². The van der Waals surface area contributed by atoms with E-state index >= 15 is 0 Å². The number of carboxylic acid groups (broad SMARTS) is 1. The standard InChI is InChI=1S/C21H29N5O3/c1-13-11-14(2)23-20(22-13)26-16(4)17(15(3)24-26)12-18(27)25(5)21(19(28)29)9-7-6-8-10-21/h11H,6-10,12H2,1-5H3,(H,28,29). The third-order valence-electron chi connectivity index (χ3n) is 6.02. The summed E-state index contributed by atoms with van der Waals surface area (Å²) in [6, 6.07) is 1.89. The van der Waals surface area contributed by atoms with E-state index in [2.05, 4.69) is 15.1 Å². The lowest BCUT2D eigenvalue weighted by atomic mass is 9.80. The van der Waals surface area contributed by atoms with Crippen molar-refractivity contribution in [3.8, 4) is 5.95 Å². The summed E-state index contributed by atoms with van der Waals surface area (Å²) in [4.78, 5) is 35.5. The highest BCUT2D eigenvalue weighted by Crippen LogP contribution is 2.34. The van der Waals surface area contributed by atoms with Gasteiger partial charge in [0, 0.05) is 29.7 Å². The molecular weight excluding hydrogens is 370 g/mol. The summed E-state index contributed by atoms with van der Waals surface area (Å²) >= 11 is 0. The van der Waals surface area contributed by atoms with Crippen LogP contribution in [-0.2, 0) is 16.0 Å². The molecule has 2 heterocycles. The summed E-state index contributed by atoms with van der Waals surface area (Å²) < 4.78 is 1.66. The van der Waals surface area contributed by atoms with Crippen LogP contribution in [0.4, 0.5) is 0 Å². The van der Waals surface area contributed by atoms with Crippen LogP contribution >= 0.6 is 0 Å². The van der Waals surface area contributed by atoms with E-state index in [0.29, 0.717) is 18.8 Å². The molecule has 156 valence electrons. The second-order valence-electron chi connectivity index (χ2n) is 8.04. The fraction of sp³-hybridized carbons (Fsp3) is 0.571. The Hall–Kier alpha value is -2.77. The maximum absolute atomic E-state index is 13.1. The molecule has 1 N–H and O–H groups in total. The molecule has 1 aliphatic rings. The molecule has 1 aliphatic carbocycles.